The zero-order chi connectivity index (χ0) is 13.5. The molecule has 1 aromatic carbocycles. The van der Waals surface area contributed by atoms with Crippen molar-refractivity contribution in [1.29, 1.82) is 0 Å². The lowest BCUT2D eigenvalue weighted by Crippen LogP contribution is -2.31. The van der Waals surface area contributed by atoms with Gasteiger partial charge in [-0.15, -0.1) is 0 Å². The number of benzene rings is 1. The first-order valence-corrected chi connectivity index (χ1v) is 6.56. The van der Waals surface area contributed by atoms with Crippen molar-refractivity contribution in [3.05, 3.63) is 29.3 Å². The van der Waals surface area contributed by atoms with Crippen molar-refractivity contribution in [3.8, 4) is 0 Å². The second-order valence-corrected chi connectivity index (χ2v) is 5.26. The molecular weight excluding hydrogens is 224 g/mol. The predicted octanol–water partition coefficient (Wildman–Crippen LogP) is 2.88. The van der Waals surface area contributed by atoms with Gasteiger partial charge in [0.1, 0.15) is 0 Å². The molecule has 1 amide bonds. The Hall–Kier alpha value is -1.51. The van der Waals surface area contributed by atoms with Crippen LogP contribution in [-0.2, 0) is 4.79 Å². The Labute approximate surface area is 110 Å². The van der Waals surface area contributed by atoms with Crippen molar-refractivity contribution < 1.29 is 4.79 Å². The number of nitrogens with one attached hydrogen (secondary N) is 2. The lowest BCUT2D eigenvalue weighted by molar-refractivity contribution is -0.119. The van der Waals surface area contributed by atoms with Crippen molar-refractivity contribution in [3.63, 3.8) is 0 Å². The van der Waals surface area contributed by atoms with Gasteiger partial charge in [-0.25, -0.2) is 0 Å². The van der Waals surface area contributed by atoms with Crippen molar-refractivity contribution in [2.45, 2.75) is 34.1 Å². The van der Waals surface area contributed by atoms with Crippen LogP contribution in [0.4, 0.5) is 5.69 Å². The lowest BCUT2D eigenvalue weighted by atomic mass is 10.1. The van der Waals surface area contributed by atoms with Crippen LogP contribution in [0.15, 0.2) is 18.2 Å². The molecule has 0 fully saturated rings. The van der Waals surface area contributed by atoms with Crippen molar-refractivity contribution >= 4 is 11.6 Å². The Morgan fingerprint density at radius 1 is 1.17 bits per heavy atom. The second kappa shape index (κ2) is 7.04. The van der Waals surface area contributed by atoms with E-state index in [9.17, 15) is 4.79 Å². The van der Waals surface area contributed by atoms with E-state index in [4.69, 9.17) is 0 Å². The first-order valence-electron chi connectivity index (χ1n) is 6.56. The summed E-state index contributed by atoms with van der Waals surface area (Å²) < 4.78 is 0. The van der Waals surface area contributed by atoms with Crippen LogP contribution in [0.5, 0.6) is 0 Å². The van der Waals surface area contributed by atoms with Gasteiger partial charge in [-0.3, -0.25) is 4.79 Å². The maximum atomic E-state index is 11.6. The number of hydrogen-bond acceptors (Lipinski definition) is 2. The highest BCUT2D eigenvalue weighted by Crippen LogP contribution is 2.13. The van der Waals surface area contributed by atoms with Crippen LogP contribution in [0.25, 0.3) is 0 Å². The summed E-state index contributed by atoms with van der Waals surface area (Å²) in [6.07, 6.45) is 1.02. The molecule has 0 radical (unpaired) electrons. The summed E-state index contributed by atoms with van der Waals surface area (Å²) in [4.78, 5) is 11.6. The molecule has 0 bridgehead atoms. The fourth-order valence-electron chi connectivity index (χ4n) is 1.82. The van der Waals surface area contributed by atoms with Gasteiger partial charge in [0.25, 0.3) is 0 Å². The summed E-state index contributed by atoms with van der Waals surface area (Å²) in [6, 6.07) is 6.22. The van der Waals surface area contributed by atoms with Gasteiger partial charge < -0.3 is 10.6 Å². The number of carbonyl (C=O) groups excluding carboxylic acids is 1. The number of rotatable bonds is 6. The Kier molecular flexibility index (Phi) is 5.69. The van der Waals surface area contributed by atoms with E-state index in [1.54, 1.807) is 0 Å². The maximum Gasteiger partial charge on any atom is 0.239 e. The van der Waals surface area contributed by atoms with Gasteiger partial charge >= 0.3 is 0 Å². The van der Waals surface area contributed by atoms with Gasteiger partial charge in [0.2, 0.25) is 5.91 Å². The first-order chi connectivity index (χ1) is 8.47. The van der Waals surface area contributed by atoms with E-state index in [1.807, 2.05) is 12.1 Å². The molecule has 0 aromatic heterocycles. The Bertz CT molecular complexity index is 379. The molecule has 0 aliphatic carbocycles. The average Bonchev–Trinajstić information content (AvgIpc) is 2.24. The quantitative estimate of drug-likeness (QED) is 0.812. The zero-order valence-corrected chi connectivity index (χ0v) is 11.8. The summed E-state index contributed by atoms with van der Waals surface area (Å²) in [7, 11) is 0. The van der Waals surface area contributed by atoms with Gasteiger partial charge in [-0.2, -0.15) is 0 Å². The van der Waals surface area contributed by atoms with Gasteiger partial charge in [0.05, 0.1) is 6.54 Å². The predicted molar refractivity (Wildman–Crippen MR) is 76.9 cm³/mol. The summed E-state index contributed by atoms with van der Waals surface area (Å²) in [5, 5.41) is 6.06. The minimum absolute atomic E-state index is 0.0507. The van der Waals surface area contributed by atoms with Gasteiger partial charge in [0, 0.05) is 12.2 Å². The molecular formula is C15H24N2O. The maximum absolute atomic E-state index is 11.6. The van der Waals surface area contributed by atoms with Gasteiger partial charge in [-0.05, 0) is 49.4 Å². The second-order valence-electron chi connectivity index (χ2n) is 5.26. The largest absolute Gasteiger partial charge is 0.376 e. The molecule has 100 valence electrons. The van der Waals surface area contributed by atoms with Gasteiger partial charge in [0.15, 0.2) is 0 Å². The average molecular weight is 248 g/mol. The number of aryl methyl sites for hydroxylation is 2. The molecule has 18 heavy (non-hydrogen) atoms. The van der Waals surface area contributed by atoms with E-state index in [2.05, 4.69) is 44.4 Å². The molecule has 0 aliphatic rings. The van der Waals surface area contributed by atoms with Crippen molar-refractivity contribution in [2.24, 2.45) is 5.92 Å². The highest BCUT2D eigenvalue weighted by atomic mass is 16.1. The van der Waals surface area contributed by atoms with E-state index in [1.165, 1.54) is 11.1 Å². The molecule has 0 heterocycles. The number of carbonyl (C=O) groups is 1. The molecule has 0 spiro atoms. The molecule has 3 nitrogen and oxygen atoms in total. The molecule has 0 saturated carbocycles. The van der Waals surface area contributed by atoms with Crippen LogP contribution in [0, 0.1) is 19.8 Å². The summed E-state index contributed by atoms with van der Waals surface area (Å²) in [6.45, 7) is 9.51. The number of anilines is 1. The Balaban J connectivity index is 2.33. The smallest absolute Gasteiger partial charge is 0.239 e. The van der Waals surface area contributed by atoms with E-state index in [-0.39, 0.29) is 5.91 Å². The molecule has 2 N–H and O–H groups in total. The highest BCUT2D eigenvalue weighted by Gasteiger charge is 2.02. The fraction of sp³-hybridized carbons (Fsp3) is 0.533. The number of amides is 1. The molecule has 0 aliphatic heterocycles. The molecule has 0 saturated heterocycles. The molecule has 3 heteroatoms. The summed E-state index contributed by atoms with van der Waals surface area (Å²) >= 11 is 0. The SMILES string of the molecule is Cc1cc(C)cc(NCC(=O)NCCC(C)C)c1. The van der Waals surface area contributed by atoms with Crippen LogP contribution in [0.2, 0.25) is 0 Å². The van der Waals surface area contributed by atoms with Crippen molar-refractivity contribution in [2.75, 3.05) is 18.4 Å². The van der Waals surface area contributed by atoms with E-state index in [0.717, 1.165) is 18.7 Å². The van der Waals surface area contributed by atoms with E-state index < -0.39 is 0 Å². The van der Waals surface area contributed by atoms with E-state index in [0.29, 0.717) is 12.5 Å². The third kappa shape index (κ3) is 5.71. The Morgan fingerprint density at radius 2 is 1.78 bits per heavy atom. The van der Waals surface area contributed by atoms with Crippen LogP contribution in [-0.4, -0.2) is 19.0 Å². The summed E-state index contributed by atoms with van der Waals surface area (Å²) in [5.74, 6) is 0.674. The van der Waals surface area contributed by atoms with Crippen LogP contribution >= 0.6 is 0 Å². The Morgan fingerprint density at radius 3 is 2.33 bits per heavy atom. The standard InChI is InChI=1S/C15H24N2O/c1-11(2)5-6-16-15(18)10-17-14-8-12(3)7-13(4)9-14/h7-9,11,17H,5-6,10H2,1-4H3,(H,16,18). The lowest BCUT2D eigenvalue weighted by Gasteiger charge is -2.10. The molecule has 0 atom stereocenters. The highest BCUT2D eigenvalue weighted by molar-refractivity contribution is 5.80. The fourth-order valence-corrected chi connectivity index (χ4v) is 1.82. The minimum atomic E-state index is 0.0507. The van der Waals surface area contributed by atoms with Crippen LogP contribution in [0.1, 0.15) is 31.4 Å². The molecule has 1 aromatic rings. The zero-order valence-electron chi connectivity index (χ0n) is 11.8. The third-order valence-corrected chi connectivity index (χ3v) is 2.72. The topological polar surface area (TPSA) is 41.1 Å². The molecule has 0 unspecified atom stereocenters. The molecule has 1 rings (SSSR count). The minimum Gasteiger partial charge on any atom is -0.376 e. The van der Waals surface area contributed by atoms with Crippen LogP contribution in [0.3, 0.4) is 0 Å². The first kappa shape index (κ1) is 14.6. The van der Waals surface area contributed by atoms with Crippen molar-refractivity contribution in [1.82, 2.24) is 5.32 Å². The monoisotopic (exact) mass is 248 g/mol. The van der Waals surface area contributed by atoms with E-state index >= 15 is 0 Å². The third-order valence-electron chi connectivity index (χ3n) is 2.72. The van der Waals surface area contributed by atoms with Gasteiger partial charge in [-0.1, -0.05) is 19.9 Å². The normalized spacial score (nSPS) is 10.5. The summed E-state index contributed by atoms with van der Waals surface area (Å²) in [5.41, 5.74) is 3.42. The number of hydrogen-bond donors (Lipinski definition) is 2. The van der Waals surface area contributed by atoms with Crippen LogP contribution < -0.4 is 10.6 Å².